The smallest absolute Gasteiger partial charge is 0.320 e. The first-order valence-electron chi connectivity index (χ1n) is 7.08. The minimum Gasteiger partial charge on any atom is -0.481 e. The number of nitrogens with one attached hydrogen (secondary N) is 1. The van der Waals surface area contributed by atoms with Gasteiger partial charge in [0.25, 0.3) is 0 Å². The van der Waals surface area contributed by atoms with Crippen molar-refractivity contribution in [2.75, 3.05) is 32.7 Å². The zero-order valence-electron chi connectivity index (χ0n) is 11.5. The summed E-state index contributed by atoms with van der Waals surface area (Å²) in [7, 11) is 0. The van der Waals surface area contributed by atoms with Crippen molar-refractivity contribution in [1.82, 2.24) is 15.1 Å². The van der Waals surface area contributed by atoms with E-state index in [0.717, 1.165) is 12.8 Å². The maximum Gasteiger partial charge on any atom is 0.320 e. The van der Waals surface area contributed by atoms with Crippen LogP contribution in [0, 0.1) is 5.92 Å². The lowest BCUT2D eigenvalue weighted by atomic mass is 9.94. The molecule has 0 aromatic carbocycles. The van der Waals surface area contributed by atoms with E-state index in [1.54, 1.807) is 9.80 Å². The molecule has 2 saturated heterocycles. The van der Waals surface area contributed by atoms with Gasteiger partial charge in [0.05, 0.1) is 0 Å². The number of likely N-dealkylation sites (tertiary alicyclic amines) is 1. The van der Waals surface area contributed by atoms with Crippen LogP contribution in [0.3, 0.4) is 0 Å². The van der Waals surface area contributed by atoms with Crippen molar-refractivity contribution in [3.8, 4) is 0 Å². The summed E-state index contributed by atoms with van der Waals surface area (Å²) in [5, 5.41) is 11.5. The standard InChI is InChI=1S/C13H21N3O4/c17-11-3-7-16(8-4-14-11)13(20)15-5-1-10(2-6-15)9-12(18)19/h10H,1-9H2,(H,14,17)(H,18,19). The number of aliphatic carboxylic acids is 1. The average molecular weight is 283 g/mol. The summed E-state index contributed by atoms with van der Waals surface area (Å²) in [4.78, 5) is 37.7. The molecule has 20 heavy (non-hydrogen) atoms. The first kappa shape index (κ1) is 14.6. The number of nitrogens with zero attached hydrogens (tertiary/aromatic N) is 2. The number of urea groups is 1. The van der Waals surface area contributed by atoms with Gasteiger partial charge in [0, 0.05) is 45.6 Å². The number of hydrogen-bond donors (Lipinski definition) is 2. The number of carbonyl (C=O) groups is 3. The summed E-state index contributed by atoms with van der Waals surface area (Å²) in [6.45, 7) is 2.71. The van der Waals surface area contributed by atoms with E-state index in [1.807, 2.05) is 0 Å². The molecule has 2 heterocycles. The van der Waals surface area contributed by atoms with Crippen LogP contribution in [0.1, 0.15) is 25.7 Å². The molecule has 7 nitrogen and oxygen atoms in total. The zero-order valence-corrected chi connectivity index (χ0v) is 11.5. The number of piperidine rings is 1. The third-order valence-electron chi connectivity index (χ3n) is 3.93. The second-order valence-corrected chi connectivity index (χ2v) is 5.40. The van der Waals surface area contributed by atoms with Gasteiger partial charge in [-0.25, -0.2) is 4.79 Å². The van der Waals surface area contributed by atoms with Crippen LogP contribution >= 0.6 is 0 Å². The highest BCUT2D eigenvalue weighted by Gasteiger charge is 2.28. The molecule has 0 saturated carbocycles. The molecule has 0 spiro atoms. The molecule has 2 N–H and O–H groups in total. The second kappa shape index (κ2) is 6.58. The van der Waals surface area contributed by atoms with Gasteiger partial charge in [-0.1, -0.05) is 0 Å². The van der Waals surface area contributed by atoms with Crippen LogP contribution < -0.4 is 5.32 Å². The Labute approximate surface area is 117 Å². The molecular formula is C13H21N3O4. The van der Waals surface area contributed by atoms with Crippen LogP contribution in [0.4, 0.5) is 4.79 Å². The molecular weight excluding hydrogens is 262 g/mol. The fourth-order valence-corrected chi connectivity index (χ4v) is 2.73. The number of hydrogen-bond acceptors (Lipinski definition) is 3. The maximum atomic E-state index is 12.3. The van der Waals surface area contributed by atoms with Gasteiger partial charge in [-0.3, -0.25) is 9.59 Å². The van der Waals surface area contributed by atoms with E-state index >= 15 is 0 Å². The van der Waals surface area contributed by atoms with E-state index in [4.69, 9.17) is 5.11 Å². The van der Waals surface area contributed by atoms with Gasteiger partial charge in [0.15, 0.2) is 0 Å². The van der Waals surface area contributed by atoms with Crippen molar-refractivity contribution in [3.63, 3.8) is 0 Å². The lowest BCUT2D eigenvalue weighted by Crippen LogP contribution is -2.47. The highest BCUT2D eigenvalue weighted by molar-refractivity contribution is 5.79. The molecule has 2 aliphatic heterocycles. The van der Waals surface area contributed by atoms with Gasteiger partial charge < -0.3 is 20.2 Å². The van der Waals surface area contributed by atoms with E-state index < -0.39 is 5.97 Å². The lowest BCUT2D eigenvalue weighted by Gasteiger charge is -2.35. The SMILES string of the molecule is O=C(O)CC1CCN(C(=O)N2CCNC(=O)CC2)CC1. The number of carbonyl (C=O) groups excluding carboxylic acids is 2. The van der Waals surface area contributed by atoms with Crippen molar-refractivity contribution in [2.45, 2.75) is 25.7 Å². The van der Waals surface area contributed by atoms with Gasteiger partial charge >= 0.3 is 12.0 Å². The highest BCUT2D eigenvalue weighted by Crippen LogP contribution is 2.21. The summed E-state index contributed by atoms with van der Waals surface area (Å²) < 4.78 is 0. The molecule has 0 bridgehead atoms. The lowest BCUT2D eigenvalue weighted by molar-refractivity contribution is -0.138. The Morgan fingerprint density at radius 2 is 1.80 bits per heavy atom. The Balaban J connectivity index is 1.82. The van der Waals surface area contributed by atoms with Gasteiger partial charge in [0.2, 0.25) is 5.91 Å². The Morgan fingerprint density at radius 1 is 1.15 bits per heavy atom. The van der Waals surface area contributed by atoms with Crippen LogP contribution in [0.15, 0.2) is 0 Å². The largest absolute Gasteiger partial charge is 0.481 e. The Hall–Kier alpha value is -1.79. The topological polar surface area (TPSA) is 89.9 Å². The third-order valence-corrected chi connectivity index (χ3v) is 3.93. The molecule has 0 atom stereocenters. The first-order valence-corrected chi connectivity index (χ1v) is 7.08. The van der Waals surface area contributed by atoms with E-state index in [9.17, 15) is 14.4 Å². The molecule has 0 aromatic rings. The van der Waals surface area contributed by atoms with Crippen LogP contribution in [0.25, 0.3) is 0 Å². The predicted molar refractivity (Wildman–Crippen MR) is 71.1 cm³/mol. The average Bonchev–Trinajstić information content (AvgIpc) is 2.63. The van der Waals surface area contributed by atoms with E-state index in [-0.39, 0.29) is 24.3 Å². The van der Waals surface area contributed by atoms with Crippen LogP contribution in [-0.4, -0.2) is 65.5 Å². The van der Waals surface area contributed by atoms with Crippen LogP contribution in [0.2, 0.25) is 0 Å². The second-order valence-electron chi connectivity index (χ2n) is 5.40. The molecule has 0 radical (unpaired) electrons. The van der Waals surface area contributed by atoms with E-state index in [1.165, 1.54) is 0 Å². The Bertz CT molecular complexity index is 391. The fraction of sp³-hybridized carbons (Fsp3) is 0.769. The quantitative estimate of drug-likeness (QED) is 0.753. The molecule has 0 unspecified atom stereocenters. The molecule has 2 aliphatic rings. The number of amides is 3. The van der Waals surface area contributed by atoms with Crippen LogP contribution in [0.5, 0.6) is 0 Å². The third kappa shape index (κ3) is 3.85. The molecule has 0 aromatic heterocycles. The summed E-state index contributed by atoms with van der Waals surface area (Å²) in [5.74, 6) is -0.615. The number of carboxylic acid groups (broad SMARTS) is 1. The van der Waals surface area contributed by atoms with Crippen molar-refractivity contribution >= 4 is 17.9 Å². The Morgan fingerprint density at radius 3 is 2.45 bits per heavy atom. The molecule has 2 fully saturated rings. The van der Waals surface area contributed by atoms with Crippen molar-refractivity contribution in [3.05, 3.63) is 0 Å². The van der Waals surface area contributed by atoms with Gasteiger partial charge in [-0.2, -0.15) is 0 Å². The number of carboxylic acids is 1. The zero-order chi connectivity index (χ0) is 14.5. The molecule has 3 amide bonds. The summed E-state index contributed by atoms with van der Waals surface area (Å²) in [5.41, 5.74) is 0. The highest BCUT2D eigenvalue weighted by atomic mass is 16.4. The van der Waals surface area contributed by atoms with Gasteiger partial charge in [0.1, 0.15) is 0 Å². The molecule has 2 rings (SSSR count). The molecule has 112 valence electrons. The van der Waals surface area contributed by atoms with Crippen molar-refractivity contribution in [1.29, 1.82) is 0 Å². The maximum absolute atomic E-state index is 12.3. The Kier molecular flexibility index (Phi) is 4.81. The molecule has 7 heteroatoms. The monoisotopic (exact) mass is 283 g/mol. The summed E-state index contributed by atoms with van der Waals surface area (Å²) in [6, 6.07) is -0.0322. The summed E-state index contributed by atoms with van der Waals surface area (Å²) in [6.07, 6.45) is 2.01. The minimum absolute atomic E-state index is 0.0135. The molecule has 0 aliphatic carbocycles. The summed E-state index contributed by atoms with van der Waals surface area (Å²) >= 11 is 0. The van der Waals surface area contributed by atoms with Crippen LogP contribution in [-0.2, 0) is 9.59 Å². The number of rotatable bonds is 2. The predicted octanol–water partition coefficient (Wildman–Crippen LogP) is 0.115. The normalized spacial score (nSPS) is 21.3. The van der Waals surface area contributed by atoms with Crippen molar-refractivity contribution in [2.24, 2.45) is 5.92 Å². The van der Waals surface area contributed by atoms with Gasteiger partial charge in [-0.05, 0) is 18.8 Å². The van der Waals surface area contributed by atoms with E-state index in [2.05, 4.69) is 5.32 Å². The van der Waals surface area contributed by atoms with Crippen molar-refractivity contribution < 1.29 is 19.5 Å². The fourth-order valence-electron chi connectivity index (χ4n) is 2.73. The first-order chi connectivity index (χ1) is 9.56. The van der Waals surface area contributed by atoms with E-state index in [0.29, 0.717) is 39.1 Å². The minimum atomic E-state index is -0.771. The van der Waals surface area contributed by atoms with Gasteiger partial charge in [-0.15, -0.1) is 0 Å².